The largest absolute Gasteiger partial charge is 0.453 e. The molecule has 0 saturated heterocycles. The Morgan fingerprint density at radius 2 is 1.76 bits per heavy atom. The summed E-state index contributed by atoms with van der Waals surface area (Å²) >= 11 is 0. The van der Waals surface area contributed by atoms with Crippen molar-refractivity contribution in [1.82, 2.24) is 0 Å². The summed E-state index contributed by atoms with van der Waals surface area (Å²) in [6.45, 7) is 4.14. The molecule has 1 atom stereocenters. The van der Waals surface area contributed by atoms with Gasteiger partial charge in [-0.25, -0.2) is 0 Å². The summed E-state index contributed by atoms with van der Waals surface area (Å²) in [5.41, 5.74) is 5.67. The minimum Gasteiger partial charge on any atom is -0.453 e. The van der Waals surface area contributed by atoms with E-state index in [1.165, 1.54) is 11.1 Å². The second kappa shape index (κ2) is 5.57. The Labute approximate surface area is 125 Å². The lowest BCUT2D eigenvalue weighted by molar-refractivity contribution is -0.146. The normalized spacial score (nSPS) is 15.8. The van der Waals surface area contributed by atoms with E-state index in [1.54, 1.807) is 0 Å². The van der Waals surface area contributed by atoms with Crippen molar-refractivity contribution < 1.29 is 9.53 Å². The monoisotopic (exact) mass is 278 g/mol. The number of aryl methyl sites for hydroxylation is 2. The maximum Gasteiger partial charge on any atom is 0.311 e. The van der Waals surface area contributed by atoms with Crippen molar-refractivity contribution in [2.45, 2.75) is 26.4 Å². The van der Waals surface area contributed by atoms with E-state index in [0.29, 0.717) is 6.42 Å². The highest BCUT2D eigenvalue weighted by molar-refractivity contribution is 5.75. The zero-order valence-corrected chi connectivity index (χ0v) is 12.3. The molecule has 0 aliphatic heterocycles. The standard InChI is InChI=1S/C19H18O2/c1-13-8-9-14(2)19-16(13)10-11-17(19)21-18(20)12-15-6-4-3-5-7-15/h3-11,17H,12H2,1-2H3. The van der Waals surface area contributed by atoms with E-state index in [9.17, 15) is 4.79 Å². The van der Waals surface area contributed by atoms with Gasteiger partial charge in [0.1, 0.15) is 6.10 Å². The summed E-state index contributed by atoms with van der Waals surface area (Å²) in [6, 6.07) is 13.9. The summed E-state index contributed by atoms with van der Waals surface area (Å²) in [6.07, 6.45) is 4.08. The van der Waals surface area contributed by atoms with Gasteiger partial charge in [0, 0.05) is 5.56 Å². The van der Waals surface area contributed by atoms with Crippen LogP contribution in [0.2, 0.25) is 0 Å². The first-order valence-electron chi connectivity index (χ1n) is 7.17. The number of ether oxygens (including phenoxy) is 1. The van der Waals surface area contributed by atoms with E-state index in [4.69, 9.17) is 4.74 Å². The molecular formula is C19H18O2. The molecule has 0 bridgehead atoms. The van der Waals surface area contributed by atoms with Crippen LogP contribution in [0.5, 0.6) is 0 Å². The van der Waals surface area contributed by atoms with Crippen LogP contribution in [0, 0.1) is 13.8 Å². The summed E-state index contributed by atoms with van der Waals surface area (Å²) in [5.74, 6) is -0.190. The molecule has 0 amide bonds. The summed E-state index contributed by atoms with van der Waals surface area (Å²) in [5, 5.41) is 0. The van der Waals surface area contributed by atoms with Crippen molar-refractivity contribution >= 4 is 12.0 Å². The molecule has 2 aromatic rings. The molecule has 106 valence electrons. The molecule has 21 heavy (non-hydrogen) atoms. The van der Waals surface area contributed by atoms with Crippen LogP contribution in [-0.4, -0.2) is 5.97 Å². The lowest BCUT2D eigenvalue weighted by Crippen LogP contribution is -2.12. The molecule has 0 N–H and O–H groups in total. The minimum absolute atomic E-state index is 0.190. The third-order valence-electron chi connectivity index (χ3n) is 3.90. The first kappa shape index (κ1) is 13.6. The summed E-state index contributed by atoms with van der Waals surface area (Å²) in [4.78, 5) is 12.1. The average molecular weight is 278 g/mol. The topological polar surface area (TPSA) is 26.3 Å². The van der Waals surface area contributed by atoms with Crippen LogP contribution < -0.4 is 0 Å². The Morgan fingerprint density at radius 3 is 2.52 bits per heavy atom. The van der Waals surface area contributed by atoms with E-state index < -0.39 is 0 Å². The van der Waals surface area contributed by atoms with E-state index in [1.807, 2.05) is 36.4 Å². The molecule has 0 saturated carbocycles. The van der Waals surface area contributed by atoms with E-state index in [-0.39, 0.29) is 12.1 Å². The molecule has 0 fully saturated rings. The van der Waals surface area contributed by atoms with Gasteiger partial charge in [-0.1, -0.05) is 48.5 Å². The van der Waals surface area contributed by atoms with E-state index >= 15 is 0 Å². The highest BCUT2D eigenvalue weighted by Gasteiger charge is 2.24. The third-order valence-corrected chi connectivity index (χ3v) is 3.90. The third kappa shape index (κ3) is 2.75. The fraction of sp³-hybridized carbons (Fsp3) is 0.211. The van der Waals surface area contributed by atoms with Gasteiger partial charge in [0.25, 0.3) is 0 Å². The maximum atomic E-state index is 12.1. The molecule has 0 aromatic heterocycles. The smallest absolute Gasteiger partial charge is 0.311 e. The van der Waals surface area contributed by atoms with Gasteiger partial charge >= 0.3 is 5.97 Å². The SMILES string of the molecule is Cc1ccc(C)c2c1C=CC2OC(=O)Cc1ccccc1. The molecule has 1 unspecified atom stereocenters. The van der Waals surface area contributed by atoms with Gasteiger partial charge < -0.3 is 4.74 Å². The number of carbonyl (C=O) groups excluding carboxylic acids is 1. The van der Waals surface area contributed by atoms with Crippen LogP contribution in [0.15, 0.2) is 48.5 Å². The van der Waals surface area contributed by atoms with Crippen molar-refractivity contribution in [2.24, 2.45) is 0 Å². The lowest BCUT2D eigenvalue weighted by Gasteiger charge is -2.16. The number of fused-ring (bicyclic) bond motifs is 1. The van der Waals surface area contributed by atoms with Crippen molar-refractivity contribution in [1.29, 1.82) is 0 Å². The summed E-state index contributed by atoms with van der Waals surface area (Å²) in [7, 11) is 0. The number of rotatable bonds is 3. The molecule has 2 heteroatoms. The Morgan fingerprint density at radius 1 is 1.05 bits per heavy atom. The minimum atomic E-state index is -0.254. The fourth-order valence-electron chi connectivity index (χ4n) is 2.78. The lowest BCUT2D eigenvalue weighted by atomic mass is 9.98. The van der Waals surface area contributed by atoms with Crippen LogP contribution in [-0.2, 0) is 16.0 Å². The van der Waals surface area contributed by atoms with Crippen molar-refractivity contribution in [3.63, 3.8) is 0 Å². The number of hydrogen-bond acceptors (Lipinski definition) is 2. The van der Waals surface area contributed by atoms with Crippen molar-refractivity contribution in [2.75, 3.05) is 0 Å². The predicted molar refractivity (Wildman–Crippen MR) is 83.9 cm³/mol. The highest BCUT2D eigenvalue weighted by Crippen LogP contribution is 2.35. The highest BCUT2D eigenvalue weighted by atomic mass is 16.5. The second-order valence-corrected chi connectivity index (χ2v) is 5.46. The molecule has 1 aliphatic carbocycles. The van der Waals surface area contributed by atoms with Gasteiger partial charge in [0.05, 0.1) is 6.42 Å². The van der Waals surface area contributed by atoms with Crippen LogP contribution >= 0.6 is 0 Å². The zero-order valence-electron chi connectivity index (χ0n) is 12.3. The molecule has 2 aromatic carbocycles. The Bertz CT molecular complexity index is 699. The van der Waals surface area contributed by atoms with Gasteiger partial charge in [-0.2, -0.15) is 0 Å². The first-order chi connectivity index (χ1) is 10.1. The van der Waals surface area contributed by atoms with Gasteiger partial charge in [-0.3, -0.25) is 4.79 Å². The molecule has 1 aliphatic rings. The molecular weight excluding hydrogens is 260 g/mol. The van der Waals surface area contributed by atoms with Gasteiger partial charge in [0.2, 0.25) is 0 Å². The Hall–Kier alpha value is -2.35. The van der Waals surface area contributed by atoms with Crippen LogP contribution in [0.25, 0.3) is 6.08 Å². The van der Waals surface area contributed by atoms with Gasteiger partial charge in [-0.05, 0) is 42.2 Å². The van der Waals surface area contributed by atoms with Crippen LogP contribution in [0.3, 0.4) is 0 Å². The van der Waals surface area contributed by atoms with Gasteiger partial charge in [-0.15, -0.1) is 0 Å². The fourth-order valence-corrected chi connectivity index (χ4v) is 2.78. The molecule has 0 radical (unpaired) electrons. The van der Waals surface area contributed by atoms with Crippen molar-refractivity contribution in [3.8, 4) is 0 Å². The molecule has 0 spiro atoms. The average Bonchev–Trinajstić information content (AvgIpc) is 2.89. The first-order valence-corrected chi connectivity index (χ1v) is 7.17. The molecule has 3 rings (SSSR count). The number of carbonyl (C=O) groups is 1. The van der Waals surface area contributed by atoms with E-state index in [2.05, 4.69) is 32.1 Å². The quantitative estimate of drug-likeness (QED) is 0.788. The summed E-state index contributed by atoms with van der Waals surface area (Å²) < 4.78 is 5.65. The molecule has 2 nitrogen and oxygen atoms in total. The number of hydrogen-bond donors (Lipinski definition) is 0. The Kier molecular flexibility index (Phi) is 3.61. The zero-order chi connectivity index (χ0) is 14.8. The van der Waals surface area contributed by atoms with E-state index in [0.717, 1.165) is 16.7 Å². The Balaban J connectivity index is 1.75. The van der Waals surface area contributed by atoms with Crippen LogP contribution in [0.4, 0.5) is 0 Å². The van der Waals surface area contributed by atoms with Gasteiger partial charge in [0.15, 0.2) is 0 Å². The second-order valence-electron chi connectivity index (χ2n) is 5.46. The number of esters is 1. The van der Waals surface area contributed by atoms with Crippen LogP contribution in [0.1, 0.15) is 33.9 Å². The number of benzene rings is 2. The maximum absolute atomic E-state index is 12.1. The predicted octanol–water partition coefficient (Wildman–Crippen LogP) is 4.16. The van der Waals surface area contributed by atoms with Crippen molar-refractivity contribution in [3.05, 3.63) is 76.4 Å². The molecule has 0 heterocycles.